The number of aliphatic hydroxyl groups excluding tert-OH is 1. The number of ether oxygens (including phenoxy) is 1. The van der Waals surface area contributed by atoms with Crippen LogP contribution in [0.1, 0.15) is 6.42 Å². The van der Waals surface area contributed by atoms with E-state index in [1.165, 1.54) is 7.11 Å². The summed E-state index contributed by atoms with van der Waals surface area (Å²) in [4.78, 5) is 13.8. The first-order valence-corrected chi connectivity index (χ1v) is 8.80. The molecule has 138 valence electrons. The predicted octanol–water partition coefficient (Wildman–Crippen LogP) is 1.83. The van der Waals surface area contributed by atoms with E-state index < -0.39 is 12.1 Å². The Kier molecular flexibility index (Phi) is 5.65. The first-order chi connectivity index (χ1) is 12.5. The Balaban J connectivity index is 1.94. The van der Waals surface area contributed by atoms with Gasteiger partial charge in [0, 0.05) is 25.1 Å². The second-order valence-electron chi connectivity index (χ2n) is 6.21. The van der Waals surface area contributed by atoms with Gasteiger partial charge < -0.3 is 9.84 Å². The number of nitrogens with zero attached hydrogens (tertiary/aromatic N) is 4. The molecule has 2 heterocycles. The van der Waals surface area contributed by atoms with Gasteiger partial charge in [0.2, 0.25) is 0 Å². The minimum absolute atomic E-state index is 0.305. The van der Waals surface area contributed by atoms with Crippen LogP contribution in [-0.4, -0.2) is 56.1 Å². The van der Waals surface area contributed by atoms with Crippen molar-refractivity contribution in [1.82, 2.24) is 19.2 Å². The van der Waals surface area contributed by atoms with E-state index in [-0.39, 0.29) is 5.97 Å². The van der Waals surface area contributed by atoms with Crippen LogP contribution in [0.4, 0.5) is 0 Å². The first kappa shape index (κ1) is 18.5. The molecule has 0 unspecified atom stereocenters. The third-order valence-corrected chi connectivity index (χ3v) is 4.87. The van der Waals surface area contributed by atoms with Crippen molar-refractivity contribution < 1.29 is 14.6 Å². The van der Waals surface area contributed by atoms with E-state index in [9.17, 15) is 9.90 Å². The fourth-order valence-electron chi connectivity index (χ4n) is 3.22. The van der Waals surface area contributed by atoms with Gasteiger partial charge in [-0.2, -0.15) is 5.10 Å². The predicted molar refractivity (Wildman–Crippen MR) is 99.8 cm³/mol. The normalized spacial score (nSPS) is 20.2. The number of carbonyl (C=O) groups excluding carboxylic acids is 1. The molecule has 1 fully saturated rings. The van der Waals surface area contributed by atoms with E-state index in [4.69, 9.17) is 17.0 Å². The molecule has 0 radical (unpaired) electrons. The fraction of sp³-hybridized carbons (Fsp3) is 0.389. The highest BCUT2D eigenvalue weighted by molar-refractivity contribution is 7.71. The summed E-state index contributed by atoms with van der Waals surface area (Å²) in [5.74, 6) is 0.381. The molecule has 0 aliphatic carbocycles. The number of rotatable bonds is 6. The zero-order valence-corrected chi connectivity index (χ0v) is 15.4. The Bertz CT molecular complexity index is 846. The Morgan fingerprint density at radius 2 is 2.19 bits per heavy atom. The number of β-amino-alcohol motifs (C(OH)–C–C–N with tert-alkyl or cyclic N) is 1. The van der Waals surface area contributed by atoms with E-state index in [0.29, 0.717) is 31.0 Å². The Morgan fingerprint density at radius 1 is 1.46 bits per heavy atom. The van der Waals surface area contributed by atoms with Gasteiger partial charge in [-0.1, -0.05) is 36.4 Å². The van der Waals surface area contributed by atoms with Crippen LogP contribution in [0.25, 0.3) is 11.4 Å². The van der Waals surface area contributed by atoms with Gasteiger partial charge in [-0.05, 0) is 12.2 Å². The molecule has 1 aliphatic heterocycles. The molecule has 1 N–H and O–H groups in total. The van der Waals surface area contributed by atoms with Crippen molar-refractivity contribution in [2.45, 2.75) is 31.8 Å². The van der Waals surface area contributed by atoms with Gasteiger partial charge in [0.25, 0.3) is 0 Å². The number of hydrogen-bond acceptors (Lipinski definition) is 6. The van der Waals surface area contributed by atoms with Crippen LogP contribution < -0.4 is 0 Å². The SMILES string of the molecule is C=CCn1c(-c2ccccc2)nn(CN2C[C@@H](O)C[C@H]2C(=O)OC)c1=S. The lowest BCUT2D eigenvalue weighted by Gasteiger charge is -2.21. The molecule has 0 bridgehead atoms. The third kappa shape index (κ3) is 3.62. The van der Waals surface area contributed by atoms with Crippen LogP contribution >= 0.6 is 12.2 Å². The fourth-order valence-corrected chi connectivity index (χ4v) is 3.48. The number of likely N-dealkylation sites (tertiary alicyclic amines) is 1. The van der Waals surface area contributed by atoms with Crippen molar-refractivity contribution in [2.75, 3.05) is 13.7 Å². The lowest BCUT2D eigenvalue weighted by Crippen LogP contribution is -2.38. The standard InChI is InChI=1S/C18H22N4O3S/c1-3-9-21-16(13-7-5-4-6-8-13)19-22(18(21)26)12-20-11-14(23)10-15(20)17(24)25-2/h3-8,14-15,23H,1,9-12H2,2H3/t14-,15-/m0/s1. The number of esters is 1. The highest BCUT2D eigenvalue weighted by Gasteiger charge is 2.37. The van der Waals surface area contributed by atoms with Gasteiger partial charge in [-0.25, -0.2) is 4.68 Å². The lowest BCUT2D eigenvalue weighted by molar-refractivity contribution is -0.146. The average molecular weight is 374 g/mol. The van der Waals surface area contributed by atoms with E-state index in [1.807, 2.05) is 39.8 Å². The minimum atomic E-state index is -0.572. The summed E-state index contributed by atoms with van der Waals surface area (Å²) in [6.45, 7) is 5.00. The van der Waals surface area contributed by atoms with Crippen molar-refractivity contribution in [3.63, 3.8) is 0 Å². The zero-order valence-electron chi connectivity index (χ0n) is 14.6. The van der Waals surface area contributed by atoms with E-state index in [1.54, 1.807) is 10.8 Å². The summed E-state index contributed by atoms with van der Waals surface area (Å²) in [6.07, 6.45) is 1.54. The summed E-state index contributed by atoms with van der Waals surface area (Å²) in [6, 6.07) is 9.27. The Labute approximate surface area is 157 Å². The third-order valence-electron chi connectivity index (χ3n) is 4.44. The maximum Gasteiger partial charge on any atom is 0.323 e. The van der Waals surface area contributed by atoms with Gasteiger partial charge in [-0.3, -0.25) is 14.3 Å². The quantitative estimate of drug-likeness (QED) is 0.473. The number of aliphatic hydroxyl groups is 1. The van der Waals surface area contributed by atoms with Crippen LogP contribution in [0.5, 0.6) is 0 Å². The summed E-state index contributed by atoms with van der Waals surface area (Å²) in [5, 5.41) is 14.6. The number of benzene rings is 1. The van der Waals surface area contributed by atoms with Crippen molar-refractivity contribution >= 4 is 18.2 Å². The molecule has 7 nitrogen and oxygen atoms in total. The molecular weight excluding hydrogens is 352 g/mol. The van der Waals surface area contributed by atoms with Crippen LogP contribution in [-0.2, 0) is 22.7 Å². The zero-order chi connectivity index (χ0) is 18.7. The maximum atomic E-state index is 12.0. The van der Waals surface area contributed by atoms with Gasteiger partial charge in [0.15, 0.2) is 10.6 Å². The summed E-state index contributed by atoms with van der Waals surface area (Å²) >= 11 is 5.59. The monoisotopic (exact) mass is 374 g/mol. The second kappa shape index (κ2) is 7.94. The van der Waals surface area contributed by atoms with E-state index >= 15 is 0 Å². The molecule has 2 atom stereocenters. The molecule has 26 heavy (non-hydrogen) atoms. The number of methoxy groups -OCH3 is 1. The van der Waals surface area contributed by atoms with Crippen molar-refractivity contribution in [3.8, 4) is 11.4 Å². The van der Waals surface area contributed by atoms with E-state index in [0.717, 1.165) is 11.4 Å². The molecule has 0 saturated carbocycles. The number of aromatic nitrogens is 3. The number of carbonyl (C=O) groups is 1. The molecule has 2 aromatic rings. The van der Waals surface area contributed by atoms with Gasteiger partial charge >= 0.3 is 5.97 Å². The Morgan fingerprint density at radius 3 is 2.85 bits per heavy atom. The molecule has 3 rings (SSSR count). The molecule has 8 heteroatoms. The van der Waals surface area contributed by atoms with Crippen molar-refractivity contribution in [1.29, 1.82) is 0 Å². The molecule has 0 amide bonds. The van der Waals surface area contributed by atoms with Crippen LogP contribution in [0.2, 0.25) is 0 Å². The smallest absolute Gasteiger partial charge is 0.323 e. The molecule has 1 aromatic heterocycles. The van der Waals surface area contributed by atoms with Crippen LogP contribution in [0.15, 0.2) is 43.0 Å². The first-order valence-electron chi connectivity index (χ1n) is 8.39. The molecule has 1 aliphatic rings. The van der Waals surface area contributed by atoms with Crippen LogP contribution in [0.3, 0.4) is 0 Å². The summed E-state index contributed by atoms with van der Waals surface area (Å²) in [5.41, 5.74) is 0.949. The average Bonchev–Trinajstić information content (AvgIpc) is 3.17. The summed E-state index contributed by atoms with van der Waals surface area (Å²) in [7, 11) is 1.35. The highest BCUT2D eigenvalue weighted by atomic mass is 32.1. The lowest BCUT2D eigenvalue weighted by atomic mass is 10.2. The van der Waals surface area contributed by atoms with Crippen molar-refractivity contribution in [3.05, 3.63) is 47.8 Å². The van der Waals surface area contributed by atoms with Crippen LogP contribution in [0, 0.1) is 4.77 Å². The number of allylic oxidation sites excluding steroid dienone is 1. The van der Waals surface area contributed by atoms with Gasteiger partial charge in [-0.15, -0.1) is 6.58 Å². The van der Waals surface area contributed by atoms with Crippen molar-refractivity contribution in [2.24, 2.45) is 0 Å². The highest BCUT2D eigenvalue weighted by Crippen LogP contribution is 2.22. The molecule has 1 aromatic carbocycles. The molecule has 0 spiro atoms. The molecular formula is C18H22N4O3S. The Hall–Kier alpha value is -2.29. The van der Waals surface area contributed by atoms with E-state index in [2.05, 4.69) is 11.7 Å². The largest absolute Gasteiger partial charge is 0.468 e. The topological polar surface area (TPSA) is 72.5 Å². The maximum absolute atomic E-state index is 12.0. The van der Waals surface area contributed by atoms with Gasteiger partial charge in [0.1, 0.15) is 6.04 Å². The minimum Gasteiger partial charge on any atom is -0.468 e. The summed E-state index contributed by atoms with van der Waals surface area (Å²) < 4.78 is 8.96. The van der Waals surface area contributed by atoms with Gasteiger partial charge in [0.05, 0.1) is 19.9 Å². The molecule has 1 saturated heterocycles. The second-order valence-corrected chi connectivity index (χ2v) is 6.58. The number of hydrogen-bond donors (Lipinski definition) is 1.